The largest absolute Gasteiger partial charge is 0.465 e. The molecule has 4 nitrogen and oxygen atoms in total. The zero-order chi connectivity index (χ0) is 9.14. The molecule has 1 aromatic rings. The number of esters is 1. The third-order valence-electron chi connectivity index (χ3n) is 1.34. The summed E-state index contributed by atoms with van der Waals surface area (Å²) in [6.07, 6.45) is 1.49. The van der Waals surface area contributed by atoms with Crippen molar-refractivity contribution in [1.29, 1.82) is 0 Å². The van der Waals surface area contributed by atoms with Gasteiger partial charge in [0.25, 0.3) is 5.82 Å². The fourth-order valence-electron chi connectivity index (χ4n) is 0.716. The smallest absolute Gasteiger partial charge is 0.341 e. The van der Waals surface area contributed by atoms with Crippen LogP contribution in [0.25, 0.3) is 0 Å². The van der Waals surface area contributed by atoms with Gasteiger partial charge in [-0.3, -0.25) is 5.73 Å². The van der Waals surface area contributed by atoms with Gasteiger partial charge in [0, 0.05) is 0 Å². The fraction of sp³-hybridized carbons (Fsp3) is 0.143. The molecule has 1 rings (SSSR count). The molecule has 0 atom stereocenters. The Labute approximate surface area is 77.9 Å². The van der Waals surface area contributed by atoms with Gasteiger partial charge in [0.15, 0.2) is 0 Å². The molecular formula is C7H8BrN2O2+. The summed E-state index contributed by atoms with van der Waals surface area (Å²) in [5.74, 6) is 0.0783. The van der Waals surface area contributed by atoms with Gasteiger partial charge in [0.05, 0.1) is 12.7 Å². The average Bonchev–Trinajstić information content (AvgIpc) is 2.08. The molecule has 0 amide bonds. The lowest BCUT2D eigenvalue weighted by Gasteiger charge is -1.97. The number of ether oxygens (including phenoxy) is 1. The number of hydrogen-bond acceptors (Lipinski definition) is 3. The molecule has 0 fully saturated rings. The first-order valence-electron chi connectivity index (χ1n) is 3.20. The molecule has 0 saturated heterocycles. The quantitative estimate of drug-likeness (QED) is 0.722. The number of carbonyl (C=O) groups is 1. The van der Waals surface area contributed by atoms with Gasteiger partial charge in [-0.05, 0) is 22.0 Å². The normalized spacial score (nSPS) is 9.50. The molecule has 12 heavy (non-hydrogen) atoms. The molecule has 0 aromatic carbocycles. The van der Waals surface area contributed by atoms with E-state index in [1.54, 1.807) is 6.07 Å². The first-order chi connectivity index (χ1) is 5.65. The average molecular weight is 232 g/mol. The molecule has 0 aliphatic carbocycles. The fourth-order valence-corrected chi connectivity index (χ4v) is 1.08. The third-order valence-corrected chi connectivity index (χ3v) is 2.00. The van der Waals surface area contributed by atoms with Gasteiger partial charge in [0.1, 0.15) is 10.7 Å². The zero-order valence-electron chi connectivity index (χ0n) is 6.43. The number of H-pyrrole nitrogens is 1. The van der Waals surface area contributed by atoms with Crippen LogP contribution in [-0.2, 0) is 4.74 Å². The van der Waals surface area contributed by atoms with Crippen molar-refractivity contribution in [2.24, 2.45) is 0 Å². The minimum Gasteiger partial charge on any atom is -0.465 e. The second kappa shape index (κ2) is 3.53. The Morgan fingerprint density at radius 2 is 2.42 bits per heavy atom. The van der Waals surface area contributed by atoms with Crippen molar-refractivity contribution in [3.63, 3.8) is 0 Å². The molecule has 0 unspecified atom stereocenters. The highest BCUT2D eigenvalue weighted by Gasteiger charge is 2.10. The van der Waals surface area contributed by atoms with E-state index in [0.29, 0.717) is 15.9 Å². The van der Waals surface area contributed by atoms with Crippen LogP contribution < -0.4 is 10.7 Å². The molecule has 0 spiro atoms. The molecule has 1 heterocycles. The molecule has 0 aliphatic heterocycles. The summed E-state index contributed by atoms with van der Waals surface area (Å²) in [5.41, 5.74) is 5.90. The van der Waals surface area contributed by atoms with E-state index in [-0.39, 0.29) is 0 Å². The first kappa shape index (κ1) is 8.99. The Kier molecular flexibility index (Phi) is 2.65. The number of methoxy groups -OCH3 is 1. The lowest BCUT2D eigenvalue weighted by molar-refractivity contribution is -0.361. The van der Waals surface area contributed by atoms with E-state index in [1.807, 2.05) is 0 Å². The number of nitrogens with two attached hydrogens (primary N) is 1. The third kappa shape index (κ3) is 1.73. The summed E-state index contributed by atoms with van der Waals surface area (Å²) in [5, 5.41) is 0. The molecular weight excluding hydrogens is 224 g/mol. The maximum atomic E-state index is 11.0. The second-order valence-corrected chi connectivity index (χ2v) is 3.00. The van der Waals surface area contributed by atoms with Gasteiger partial charge >= 0.3 is 5.97 Å². The van der Waals surface area contributed by atoms with Crippen molar-refractivity contribution < 1.29 is 14.5 Å². The Hall–Kier alpha value is -1.10. The van der Waals surface area contributed by atoms with Gasteiger partial charge < -0.3 is 4.74 Å². The number of hydrogen-bond donors (Lipinski definition) is 1. The number of rotatable bonds is 1. The molecule has 1 aromatic heterocycles. The highest BCUT2D eigenvalue weighted by atomic mass is 79.9. The predicted octanol–water partition coefficient (Wildman–Crippen LogP) is 0.632. The van der Waals surface area contributed by atoms with Crippen LogP contribution in [0, 0.1) is 0 Å². The molecule has 3 N–H and O–H groups in total. The summed E-state index contributed by atoms with van der Waals surface area (Å²) in [4.78, 5) is 13.7. The topological polar surface area (TPSA) is 66.5 Å². The molecule has 5 heteroatoms. The van der Waals surface area contributed by atoms with Crippen molar-refractivity contribution >= 4 is 27.7 Å². The number of aromatic nitrogens is 1. The molecule has 0 aliphatic rings. The van der Waals surface area contributed by atoms with Crippen LogP contribution in [0.2, 0.25) is 0 Å². The molecule has 0 bridgehead atoms. The summed E-state index contributed by atoms with van der Waals surface area (Å²) >= 11 is 3.18. The number of nitrogens with one attached hydrogen (secondary N) is 1. The van der Waals surface area contributed by atoms with Crippen LogP contribution in [0.5, 0.6) is 0 Å². The van der Waals surface area contributed by atoms with E-state index < -0.39 is 5.97 Å². The Morgan fingerprint density at radius 1 is 1.75 bits per heavy atom. The van der Waals surface area contributed by atoms with Crippen LogP contribution in [0.1, 0.15) is 10.4 Å². The zero-order valence-corrected chi connectivity index (χ0v) is 8.01. The number of pyridine rings is 1. The van der Waals surface area contributed by atoms with E-state index >= 15 is 0 Å². The number of carbonyl (C=O) groups excluding carboxylic acids is 1. The second-order valence-electron chi connectivity index (χ2n) is 2.14. The maximum Gasteiger partial charge on any atom is 0.341 e. The summed E-state index contributed by atoms with van der Waals surface area (Å²) in [6, 6.07) is 1.59. The maximum absolute atomic E-state index is 11.0. The number of nitrogen functional groups attached to an aromatic ring is 1. The van der Waals surface area contributed by atoms with Crippen LogP contribution in [0.3, 0.4) is 0 Å². The van der Waals surface area contributed by atoms with E-state index in [0.717, 1.165) is 0 Å². The number of anilines is 1. The predicted molar refractivity (Wildman–Crippen MR) is 46.4 cm³/mol. The lowest BCUT2D eigenvalue weighted by Crippen LogP contribution is -2.14. The van der Waals surface area contributed by atoms with Gasteiger partial charge in [-0.25, -0.2) is 9.78 Å². The summed E-state index contributed by atoms with van der Waals surface area (Å²) in [7, 11) is 1.33. The first-order valence-corrected chi connectivity index (χ1v) is 3.99. The number of aromatic amines is 1. The molecule has 0 radical (unpaired) electrons. The van der Waals surface area contributed by atoms with Gasteiger partial charge in [-0.15, -0.1) is 0 Å². The standard InChI is InChI=1S/C7H7BrN2O2/c1-12-7(11)4-2-5(8)6(9)10-3-4/h2-3H,1H3,(H2,9,10)/p+1. The monoisotopic (exact) mass is 231 g/mol. The minimum absolute atomic E-state index is 0.396. The summed E-state index contributed by atoms with van der Waals surface area (Å²) in [6.45, 7) is 0. The van der Waals surface area contributed by atoms with E-state index in [1.165, 1.54) is 13.3 Å². The summed E-state index contributed by atoms with van der Waals surface area (Å²) < 4.78 is 5.15. The van der Waals surface area contributed by atoms with Crippen LogP contribution in [0.4, 0.5) is 5.82 Å². The Bertz CT molecular complexity index is 314. The van der Waals surface area contributed by atoms with E-state index in [9.17, 15) is 4.79 Å². The van der Waals surface area contributed by atoms with E-state index in [4.69, 9.17) is 5.73 Å². The van der Waals surface area contributed by atoms with Crippen LogP contribution in [0.15, 0.2) is 16.7 Å². The van der Waals surface area contributed by atoms with Crippen LogP contribution >= 0.6 is 15.9 Å². The van der Waals surface area contributed by atoms with Crippen molar-refractivity contribution in [1.82, 2.24) is 0 Å². The van der Waals surface area contributed by atoms with E-state index in [2.05, 4.69) is 25.7 Å². The highest BCUT2D eigenvalue weighted by molar-refractivity contribution is 9.10. The van der Waals surface area contributed by atoms with Crippen molar-refractivity contribution in [2.45, 2.75) is 0 Å². The van der Waals surface area contributed by atoms with Gasteiger partial charge in [-0.2, -0.15) is 0 Å². The van der Waals surface area contributed by atoms with Crippen molar-refractivity contribution in [3.05, 3.63) is 22.3 Å². The van der Waals surface area contributed by atoms with Gasteiger partial charge in [-0.1, -0.05) is 0 Å². The Morgan fingerprint density at radius 3 is 2.92 bits per heavy atom. The van der Waals surface area contributed by atoms with Crippen LogP contribution in [-0.4, -0.2) is 13.1 Å². The van der Waals surface area contributed by atoms with Crippen molar-refractivity contribution in [3.8, 4) is 0 Å². The Balaban J connectivity index is 3.05. The molecule has 0 saturated carbocycles. The SMILES string of the molecule is COC(=O)c1c[nH+]c(N)c(Br)c1. The number of halogens is 1. The van der Waals surface area contributed by atoms with Crippen molar-refractivity contribution in [2.75, 3.05) is 12.8 Å². The highest BCUT2D eigenvalue weighted by Crippen LogP contribution is 2.15. The minimum atomic E-state index is -0.396. The molecule has 64 valence electrons. The van der Waals surface area contributed by atoms with Gasteiger partial charge in [0.2, 0.25) is 0 Å². The lowest BCUT2D eigenvalue weighted by atomic mass is 10.3.